The number of aromatic nitrogens is 1. The van der Waals surface area contributed by atoms with E-state index in [0.29, 0.717) is 5.56 Å². The number of ether oxygens (including phenoxy) is 1. The molecule has 2 aromatic carbocycles. The van der Waals surface area contributed by atoms with E-state index in [2.05, 4.69) is 39.0 Å². The second-order valence-electron chi connectivity index (χ2n) is 7.35. The average molecular weight is 377 g/mol. The van der Waals surface area contributed by atoms with Crippen LogP contribution in [-0.2, 0) is 19.5 Å². The Morgan fingerprint density at radius 1 is 1.14 bits per heavy atom. The van der Waals surface area contributed by atoms with Crippen molar-refractivity contribution in [3.05, 3.63) is 65.4 Å². The van der Waals surface area contributed by atoms with Crippen molar-refractivity contribution in [2.45, 2.75) is 25.9 Å². The van der Waals surface area contributed by atoms with E-state index in [4.69, 9.17) is 4.74 Å². The normalized spacial score (nSPS) is 14.1. The maximum Gasteiger partial charge on any atom is 0.253 e. The van der Waals surface area contributed by atoms with Gasteiger partial charge in [0.1, 0.15) is 5.75 Å². The van der Waals surface area contributed by atoms with Gasteiger partial charge in [-0.15, -0.1) is 0 Å². The van der Waals surface area contributed by atoms with Gasteiger partial charge in [-0.2, -0.15) is 0 Å². The molecule has 0 spiro atoms. The third-order valence-electron chi connectivity index (χ3n) is 5.64. The molecule has 0 atom stereocenters. The van der Waals surface area contributed by atoms with E-state index in [1.165, 1.54) is 11.1 Å². The summed E-state index contributed by atoms with van der Waals surface area (Å²) in [5.74, 6) is 0.701. The molecule has 1 amide bonds. The Balaban J connectivity index is 1.47. The molecule has 146 valence electrons. The first-order valence-corrected chi connectivity index (χ1v) is 9.87. The number of nitrogens with one attached hydrogen (secondary N) is 1. The highest BCUT2D eigenvalue weighted by atomic mass is 16.5. The van der Waals surface area contributed by atoms with Gasteiger partial charge in [-0.1, -0.05) is 24.3 Å². The molecule has 1 aromatic heterocycles. The number of benzene rings is 2. The number of aryl methyl sites for hydroxylation is 1. The molecule has 2 heterocycles. The molecule has 0 saturated carbocycles. The number of amides is 1. The SMILES string of the molecule is CNC(=O)c1cn(CCCN2CCc3ccccc3C2)c2ccc(OC)cc12. The van der Waals surface area contributed by atoms with E-state index < -0.39 is 0 Å². The number of fused-ring (bicyclic) bond motifs is 2. The van der Waals surface area contributed by atoms with Crippen LogP contribution in [0.1, 0.15) is 27.9 Å². The number of rotatable bonds is 6. The van der Waals surface area contributed by atoms with E-state index >= 15 is 0 Å². The molecule has 1 aliphatic rings. The highest BCUT2D eigenvalue weighted by Crippen LogP contribution is 2.26. The van der Waals surface area contributed by atoms with Gasteiger partial charge in [0.2, 0.25) is 0 Å². The topological polar surface area (TPSA) is 46.5 Å². The second-order valence-corrected chi connectivity index (χ2v) is 7.35. The third kappa shape index (κ3) is 3.62. The Hall–Kier alpha value is -2.79. The Labute approximate surface area is 165 Å². The predicted octanol–water partition coefficient (Wildman–Crippen LogP) is 3.46. The molecule has 0 fully saturated rings. The van der Waals surface area contributed by atoms with Crippen LogP contribution in [0.25, 0.3) is 10.9 Å². The molecule has 1 N–H and O–H groups in total. The van der Waals surface area contributed by atoms with Crippen molar-refractivity contribution in [3.63, 3.8) is 0 Å². The quantitative estimate of drug-likeness (QED) is 0.716. The lowest BCUT2D eigenvalue weighted by molar-refractivity contribution is 0.0964. The lowest BCUT2D eigenvalue weighted by Gasteiger charge is -2.28. The van der Waals surface area contributed by atoms with Crippen LogP contribution in [-0.4, -0.2) is 42.6 Å². The standard InChI is InChI=1S/C23H27N3O2/c1-24-23(27)21-16-26(22-9-8-19(28-2)14-20(21)22)12-5-11-25-13-10-17-6-3-4-7-18(17)15-25/h3-4,6-9,14,16H,5,10-13,15H2,1-2H3,(H,24,27). The minimum atomic E-state index is -0.0651. The minimum absolute atomic E-state index is 0.0651. The van der Waals surface area contributed by atoms with Gasteiger partial charge in [-0.25, -0.2) is 0 Å². The first-order chi connectivity index (χ1) is 13.7. The summed E-state index contributed by atoms with van der Waals surface area (Å²) in [7, 11) is 3.31. The van der Waals surface area contributed by atoms with Gasteiger partial charge in [0, 0.05) is 50.3 Å². The fourth-order valence-electron chi connectivity index (χ4n) is 4.11. The van der Waals surface area contributed by atoms with E-state index in [0.717, 1.165) is 55.7 Å². The summed E-state index contributed by atoms with van der Waals surface area (Å²) < 4.78 is 7.53. The van der Waals surface area contributed by atoms with Crippen molar-refractivity contribution in [1.82, 2.24) is 14.8 Å². The summed E-state index contributed by atoms with van der Waals surface area (Å²) in [4.78, 5) is 14.8. The molecule has 5 nitrogen and oxygen atoms in total. The van der Waals surface area contributed by atoms with Crippen molar-refractivity contribution in [2.24, 2.45) is 0 Å². The van der Waals surface area contributed by atoms with E-state index in [-0.39, 0.29) is 5.91 Å². The smallest absolute Gasteiger partial charge is 0.253 e. The lowest BCUT2D eigenvalue weighted by atomic mass is 10.00. The molecule has 0 unspecified atom stereocenters. The van der Waals surface area contributed by atoms with E-state index in [9.17, 15) is 4.79 Å². The Kier molecular flexibility index (Phi) is 5.35. The van der Waals surface area contributed by atoms with Crippen molar-refractivity contribution >= 4 is 16.8 Å². The van der Waals surface area contributed by atoms with Gasteiger partial charge in [0.15, 0.2) is 0 Å². The molecular weight excluding hydrogens is 350 g/mol. The summed E-state index contributed by atoms with van der Waals surface area (Å²) >= 11 is 0. The van der Waals surface area contributed by atoms with Crippen LogP contribution in [0.3, 0.4) is 0 Å². The predicted molar refractivity (Wildman–Crippen MR) is 112 cm³/mol. The summed E-state index contributed by atoms with van der Waals surface area (Å²) in [6.07, 6.45) is 4.14. The van der Waals surface area contributed by atoms with Gasteiger partial charge >= 0.3 is 0 Å². The third-order valence-corrected chi connectivity index (χ3v) is 5.64. The first kappa shape index (κ1) is 18.6. The van der Waals surface area contributed by atoms with Gasteiger partial charge in [-0.05, 0) is 42.2 Å². The van der Waals surface area contributed by atoms with Crippen LogP contribution in [0.4, 0.5) is 0 Å². The Morgan fingerprint density at radius 3 is 2.75 bits per heavy atom. The number of methoxy groups -OCH3 is 1. The zero-order valence-electron chi connectivity index (χ0n) is 16.6. The average Bonchev–Trinajstić information content (AvgIpc) is 3.11. The summed E-state index contributed by atoms with van der Waals surface area (Å²) in [6, 6.07) is 14.7. The van der Waals surface area contributed by atoms with Crippen LogP contribution in [0, 0.1) is 0 Å². The Bertz CT molecular complexity index is 993. The highest BCUT2D eigenvalue weighted by Gasteiger charge is 2.17. The van der Waals surface area contributed by atoms with Gasteiger partial charge in [0.05, 0.1) is 12.7 Å². The molecule has 5 heteroatoms. The number of nitrogens with zero attached hydrogens (tertiary/aromatic N) is 2. The maximum absolute atomic E-state index is 12.3. The number of hydrogen-bond donors (Lipinski definition) is 1. The summed E-state index contributed by atoms with van der Waals surface area (Å²) in [5.41, 5.74) is 4.71. The maximum atomic E-state index is 12.3. The second kappa shape index (κ2) is 8.07. The van der Waals surface area contributed by atoms with Crippen molar-refractivity contribution < 1.29 is 9.53 Å². The molecule has 0 radical (unpaired) electrons. The van der Waals surface area contributed by atoms with Gasteiger partial charge in [-0.3, -0.25) is 9.69 Å². The van der Waals surface area contributed by atoms with Crippen LogP contribution >= 0.6 is 0 Å². The van der Waals surface area contributed by atoms with Crippen LogP contribution in [0.5, 0.6) is 5.75 Å². The van der Waals surface area contributed by atoms with E-state index in [1.807, 2.05) is 24.4 Å². The highest BCUT2D eigenvalue weighted by molar-refractivity contribution is 6.07. The van der Waals surface area contributed by atoms with Crippen LogP contribution in [0.15, 0.2) is 48.7 Å². The number of hydrogen-bond acceptors (Lipinski definition) is 3. The largest absolute Gasteiger partial charge is 0.497 e. The molecule has 3 aromatic rings. The van der Waals surface area contributed by atoms with E-state index in [1.54, 1.807) is 14.2 Å². The molecule has 28 heavy (non-hydrogen) atoms. The van der Waals surface area contributed by atoms with Gasteiger partial charge < -0.3 is 14.6 Å². The van der Waals surface area contributed by atoms with Crippen molar-refractivity contribution in [3.8, 4) is 5.75 Å². The zero-order valence-corrected chi connectivity index (χ0v) is 16.6. The fourth-order valence-corrected chi connectivity index (χ4v) is 4.11. The molecular formula is C23H27N3O2. The molecule has 0 aliphatic carbocycles. The number of carbonyl (C=O) groups excluding carboxylic acids is 1. The molecule has 4 rings (SSSR count). The zero-order chi connectivity index (χ0) is 19.5. The Morgan fingerprint density at radius 2 is 1.96 bits per heavy atom. The number of carbonyl (C=O) groups is 1. The van der Waals surface area contributed by atoms with Gasteiger partial charge in [0.25, 0.3) is 5.91 Å². The van der Waals surface area contributed by atoms with Crippen molar-refractivity contribution in [2.75, 3.05) is 27.2 Å². The van der Waals surface area contributed by atoms with Crippen molar-refractivity contribution in [1.29, 1.82) is 0 Å². The van der Waals surface area contributed by atoms with Crippen LogP contribution in [0.2, 0.25) is 0 Å². The minimum Gasteiger partial charge on any atom is -0.497 e. The first-order valence-electron chi connectivity index (χ1n) is 9.87. The fraction of sp³-hybridized carbons (Fsp3) is 0.348. The lowest BCUT2D eigenvalue weighted by Crippen LogP contribution is -2.31. The summed E-state index contributed by atoms with van der Waals surface area (Å²) in [5, 5.41) is 3.68. The monoisotopic (exact) mass is 377 g/mol. The van der Waals surface area contributed by atoms with Crippen LogP contribution < -0.4 is 10.1 Å². The molecule has 0 bridgehead atoms. The summed E-state index contributed by atoms with van der Waals surface area (Å²) in [6.45, 7) is 4.09. The molecule has 1 aliphatic heterocycles. The molecule has 0 saturated heterocycles.